The van der Waals surface area contributed by atoms with Crippen LogP contribution in [-0.4, -0.2) is 32.9 Å². The van der Waals surface area contributed by atoms with E-state index in [1.807, 2.05) is 0 Å². The summed E-state index contributed by atoms with van der Waals surface area (Å²) in [5, 5.41) is 0. The van der Waals surface area contributed by atoms with Crippen LogP contribution in [0.1, 0.15) is 0 Å². The molecule has 0 radical (unpaired) electrons. The zero-order valence-electron chi connectivity index (χ0n) is 6.39. The summed E-state index contributed by atoms with van der Waals surface area (Å²) < 4.78 is 20.3. The number of carbonyl (C=O) groups excluding carboxylic acids is 1. The summed E-state index contributed by atoms with van der Waals surface area (Å²) in [5.41, 5.74) is -0.266. The zero-order chi connectivity index (χ0) is 8.44. The molecular weight excluding hydrogens is 183 g/mol. The molecule has 0 N–H and O–H groups in total. The first-order chi connectivity index (χ1) is 5.85. The lowest BCUT2D eigenvalue weighted by molar-refractivity contribution is -0.143. The molecule has 0 unspecified atom stereocenters. The monoisotopic (exact) mass is 192 g/mol. The minimum Gasteiger partial charge on any atom is -0.467 e. The molecule has 0 aromatic rings. The first-order valence-corrected chi connectivity index (χ1v) is 4.68. The van der Waals surface area contributed by atoms with E-state index in [0.29, 0.717) is 32.9 Å². The number of hydrogen-bond acceptors (Lipinski definition) is 5. The Morgan fingerprint density at radius 3 is 2.42 bits per heavy atom. The Hall–Kier alpha value is -0.220. The average molecular weight is 192 g/mol. The second-order valence-corrected chi connectivity index (χ2v) is 4.17. The van der Waals surface area contributed by atoms with Gasteiger partial charge in [0.15, 0.2) is 0 Å². The molecule has 0 saturated carbocycles. The van der Waals surface area contributed by atoms with Gasteiger partial charge in [-0.15, -0.1) is 0 Å². The normalized spacial score (nSPS) is 39.5. The zero-order valence-corrected chi connectivity index (χ0v) is 7.29. The Morgan fingerprint density at radius 1 is 1.33 bits per heavy atom. The van der Waals surface area contributed by atoms with Crippen LogP contribution in [0.15, 0.2) is 0 Å². The fourth-order valence-corrected chi connectivity index (χ4v) is 2.50. The molecule has 0 aliphatic carbocycles. The van der Waals surface area contributed by atoms with Gasteiger partial charge in [-0.05, 0) is 0 Å². The highest BCUT2D eigenvalue weighted by Gasteiger charge is 2.45. The summed E-state index contributed by atoms with van der Waals surface area (Å²) in [7, 11) is -1.09. The molecule has 3 rings (SSSR count). The molecule has 5 nitrogen and oxygen atoms in total. The van der Waals surface area contributed by atoms with Gasteiger partial charge in [0.2, 0.25) is 0 Å². The molecule has 68 valence electrons. The molecule has 0 amide bonds. The van der Waals surface area contributed by atoms with Crippen molar-refractivity contribution in [3.63, 3.8) is 0 Å². The van der Waals surface area contributed by atoms with Crippen LogP contribution >= 0.6 is 8.60 Å². The maximum Gasteiger partial charge on any atom is 0.332 e. The number of carbonyl (C=O) groups is 1. The number of rotatable bonds is 3. The van der Waals surface area contributed by atoms with Crippen LogP contribution < -0.4 is 0 Å². The van der Waals surface area contributed by atoms with E-state index in [9.17, 15) is 4.79 Å². The van der Waals surface area contributed by atoms with E-state index in [1.165, 1.54) is 0 Å². The van der Waals surface area contributed by atoms with Gasteiger partial charge >= 0.3 is 8.60 Å². The first kappa shape index (κ1) is 8.38. The van der Waals surface area contributed by atoms with Crippen molar-refractivity contribution in [3.05, 3.63) is 0 Å². The Labute approximate surface area is 70.9 Å². The largest absolute Gasteiger partial charge is 0.467 e. The standard InChI is InChI=1S/C6H9O5P/c7-5-8-1-6-2-9-12(10-3-6)11-4-6/h5H,1-4H2. The van der Waals surface area contributed by atoms with Gasteiger partial charge in [-0.25, -0.2) is 0 Å². The van der Waals surface area contributed by atoms with Crippen molar-refractivity contribution in [2.75, 3.05) is 26.4 Å². The van der Waals surface area contributed by atoms with Gasteiger partial charge in [-0.3, -0.25) is 4.79 Å². The molecular formula is C6H9O5P. The van der Waals surface area contributed by atoms with Crippen LogP contribution in [-0.2, 0) is 23.1 Å². The maximum atomic E-state index is 9.98. The third kappa shape index (κ3) is 1.45. The van der Waals surface area contributed by atoms with E-state index in [4.69, 9.17) is 13.6 Å². The van der Waals surface area contributed by atoms with E-state index in [2.05, 4.69) is 4.74 Å². The fraction of sp³-hybridized carbons (Fsp3) is 0.833. The number of fused-ring (bicyclic) bond motifs is 3. The Balaban J connectivity index is 1.94. The highest BCUT2D eigenvalue weighted by atomic mass is 31.2. The first-order valence-electron chi connectivity index (χ1n) is 3.59. The Bertz CT molecular complexity index is 163. The van der Waals surface area contributed by atoms with E-state index in [0.717, 1.165) is 0 Å². The average Bonchev–Trinajstić information content (AvgIpc) is 2.18. The van der Waals surface area contributed by atoms with E-state index < -0.39 is 8.60 Å². The predicted molar refractivity (Wildman–Crippen MR) is 39.2 cm³/mol. The highest BCUT2D eigenvalue weighted by Crippen LogP contribution is 2.53. The van der Waals surface area contributed by atoms with Gasteiger partial charge in [0.25, 0.3) is 6.47 Å². The third-order valence-corrected chi connectivity index (χ3v) is 2.91. The predicted octanol–water partition coefficient (Wildman–Crippen LogP) is 0.450. The lowest BCUT2D eigenvalue weighted by Gasteiger charge is -2.42. The van der Waals surface area contributed by atoms with Crippen LogP contribution in [0.5, 0.6) is 0 Å². The lowest BCUT2D eigenvalue weighted by atomic mass is 9.92. The van der Waals surface area contributed by atoms with Crippen molar-refractivity contribution < 1.29 is 23.1 Å². The van der Waals surface area contributed by atoms with E-state index >= 15 is 0 Å². The molecule has 3 aliphatic heterocycles. The molecule has 3 aliphatic rings. The van der Waals surface area contributed by atoms with Crippen molar-refractivity contribution in [2.24, 2.45) is 5.41 Å². The minimum atomic E-state index is -1.09. The van der Waals surface area contributed by atoms with Crippen LogP contribution in [0.2, 0.25) is 0 Å². The fourth-order valence-electron chi connectivity index (χ4n) is 1.14. The summed E-state index contributed by atoms with van der Waals surface area (Å²) >= 11 is 0. The van der Waals surface area contributed by atoms with Gasteiger partial charge in [0, 0.05) is 0 Å². The van der Waals surface area contributed by atoms with Crippen molar-refractivity contribution in [1.82, 2.24) is 0 Å². The minimum absolute atomic E-state index is 0.266. The summed E-state index contributed by atoms with van der Waals surface area (Å²) in [6.45, 7) is 2.42. The van der Waals surface area contributed by atoms with Gasteiger partial charge in [0.05, 0.1) is 25.2 Å². The molecule has 0 aromatic carbocycles. The van der Waals surface area contributed by atoms with Crippen LogP contribution in [0, 0.1) is 5.41 Å². The molecule has 0 atom stereocenters. The number of ether oxygens (including phenoxy) is 1. The van der Waals surface area contributed by atoms with Crippen LogP contribution in [0.3, 0.4) is 0 Å². The molecule has 2 bridgehead atoms. The van der Waals surface area contributed by atoms with Crippen molar-refractivity contribution in [3.8, 4) is 0 Å². The van der Waals surface area contributed by atoms with Gasteiger partial charge in [-0.1, -0.05) is 0 Å². The highest BCUT2D eigenvalue weighted by molar-refractivity contribution is 7.41. The van der Waals surface area contributed by atoms with Gasteiger partial charge in [-0.2, -0.15) is 0 Å². The van der Waals surface area contributed by atoms with Crippen molar-refractivity contribution >= 4 is 15.1 Å². The van der Waals surface area contributed by atoms with Crippen molar-refractivity contribution in [2.45, 2.75) is 0 Å². The maximum absolute atomic E-state index is 9.98. The molecule has 3 fully saturated rings. The topological polar surface area (TPSA) is 54.0 Å². The molecule has 0 spiro atoms. The van der Waals surface area contributed by atoms with Gasteiger partial charge in [0.1, 0.15) is 6.61 Å². The van der Waals surface area contributed by atoms with Crippen LogP contribution in [0.25, 0.3) is 0 Å². The third-order valence-electron chi connectivity index (χ3n) is 1.89. The molecule has 3 heterocycles. The summed E-state index contributed by atoms with van der Waals surface area (Å²) in [6, 6.07) is 0. The Kier molecular flexibility index (Phi) is 2.28. The molecule has 6 heteroatoms. The van der Waals surface area contributed by atoms with E-state index in [1.54, 1.807) is 0 Å². The van der Waals surface area contributed by atoms with Crippen LogP contribution in [0.4, 0.5) is 0 Å². The second-order valence-electron chi connectivity index (χ2n) is 2.95. The Morgan fingerprint density at radius 2 is 1.92 bits per heavy atom. The molecule has 0 aromatic heterocycles. The quantitative estimate of drug-likeness (QED) is 0.480. The molecule has 3 saturated heterocycles. The summed E-state index contributed by atoms with van der Waals surface area (Å²) in [5.74, 6) is 0. The number of hydrogen-bond donors (Lipinski definition) is 0. The SMILES string of the molecule is O=COCC12COP(OC1)OC2. The smallest absolute Gasteiger partial charge is 0.332 e. The summed E-state index contributed by atoms with van der Waals surface area (Å²) in [4.78, 5) is 9.98. The summed E-state index contributed by atoms with van der Waals surface area (Å²) in [6.07, 6.45) is 0. The second kappa shape index (κ2) is 3.26. The molecule has 12 heavy (non-hydrogen) atoms. The lowest BCUT2D eigenvalue weighted by Crippen LogP contribution is -2.46. The van der Waals surface area contributed by atoms with E-state index in [-0.39, 0.29) is 5.41 Å². The van der Waals surface area contributed by atoms with Gasteiger partial charge < -0.3 is 18.3 Å². The van der Waals surface area contributed by atoms with Crippen molar-refractivity contribution in [1.29, 1.82) is 0 Å².